The van der Waals surface area contributed by atoms with Crippen LogP contribution in [0.25, 0.3) is 0 Å². The van der Waals surface area contributed by atoms with Gasteiger partial charge in [-0.15, -0.1) is 0 Å². The summed E-state index contributed by atoms with van der Waals surface area (Å²) in [6, 6.07) is 3.59. The molecule has 0 aromatic carbocycles. The third kappa shape index (κ3) is 2.62. The van der Waals surface area contributed by atoms with Crippen LogP contribution >= 0.6 is 0 Å². The van der Waals surface area contributed by atoms with Gasteiger partial charge >= 0.3 is 0 Å². The zero-order valence-electron chi connectivity index (χ0n) is 12.2. The van der Waals surface area contributed by atoms with Gasteiger partial charge in [-0.2, -0.15) is 0 Å². The number of amides is 1. The maximum absolute atomic E-state index is 12.5. The summed E-state index contributed by atoms with van der Waals surface area (Å²) >= 11 is 0. The number of methoxy groups -OCH3 is 1. The Morgan fingerprint density at radius 3 is 2.85 bits per heavy atom. The first-order valence-electron chi connectivity index (χ1n) is 7.59. The summed E-state index contributed by atoms with van der Waals surface area (Å²) in [7, 11) is 1.62. The minimum atomic E-state index is 0.0369. The highest BCUT2D eigenvalue weighted by atomic mass is 16.5. The van der Waals surface area contributed by atoms with Gasteiger partial charge in [0.05, 0.1) is 0 Å². The van der Waals surface area contributed by atoms with E-state index in [1.165, 1.54) is 32.1 Å². The van der Waals surface area contributed by atoms with Gasteiger partial charge in [0.25, 0.3) is 5.91 Å². The van der Waals surface area contributed by atoms with Gasteiger partial charge in [-0.1, -0.05) is 19.3 Å². The molecule has 0 atom stereocenters. The average molecular weight is 277 g/mol. The quantitative estimate of drug-likeness (QED) is 0.852. The molecule has 4 nitrogen and oxygen atoms in total. The normalized spacial score (nSPS) is 21.6. The van der Waals surface area contributed by atoms with E-state index < -0.39 is 0 Å². The summed E-state index contributed by atoms with van der Waals surface area (Å²) in [5.41, 5.74) is 0.399. The van der Waals surface area contributed by atoms with Crippen LogP contribution in [0.2, 0.25) is 0 Å². The fourth-order valence-electron chi connectivity index (χ4n) is 3.69. The zero-order chi connectivity index (χ0) is 14.0. The number of carbonyl (C=O) groups excluding carboxylic acids is 1. The van der Waals surface area contributed by atoms with Crippen molar-refractivity contribution >= 4 is 5.91 Å². The molecule has 0 radical (unpaired) electrons. The molecule has 2 fully saturated rings. The van der Waals surface area contributed by atoms with Crippen LogP contribution in [0.15, 0.2) is 16.5 Å². The van der Waals surface area contributed by atoms with Crippen LogP contribution in [-0.4, -0.2) is 31.0 Å². The number of carbonyl (C=O) groups is 1. The molecule has 2 aliphatic rings. The summed E-state index contributed by atoms with van der Waals surface area (Å²) in [6.45, 7) is 2.20. The van der Waals surface area contributed by atoms with Gasteiger partial charge < -0.3 is 14.1 Å². The van der Waals surface area contributed by atoms with Gasteiger partial charge in [-0.05, 0) is 36.8 Å². The molecule has 1 saturated carbocycles. The Balaban J connectivity index is 1.65. The Morgan fingerprint density at radius 2 is 2.10 bits per heavy atom. The molecule has 0 bridgehead atoms. The second kappa shape index (κ2) is 5.60. The van der Waals surface area contributed by atoms with Crippen LogP contribution < -0.4 is 0 Å². The Hall–Kier alpha value is -1.29. The molecule has 4 heteroatoms. The number of furan rings is 1. The van der Waals surface area contributed by atoms with Crippen molar-refractivity contribution in [2.24, 2.45) is 5.41 Å². The number of hydrogen-bond donors (Lipinski definition) is 0. The first-order chi connectivity index (χ1) is 9.72. The van der Waals surface area contributed by atoms with Crippen molar-refractivity contribution < 1.29 is 13.9 Å². The maximum atomic E-state index is 12.5. The van der Waals surface area contributed by atoms with Gasteiger partial charge in [-0.3, -0.25) is 4.79 Å². The Morgan fingerprint density at radius 1 is 1.30 bits per heavy atom. The highest BCUT2D eigenvalue weighted by Crippen LogP contribution is 2.43. The monoisotopic (exact) mass is 277 g/mol. The highest BCUT2D eigenvalue weighted by Gasteiger charge is 2.41. The molecule has 1 spiro atoms. The van der Waals surface area contributed by atoms with Crippen LogP contribution in [-0.2, 0) is 11.3 Å². The number of ether oxygens (including phenoxy) is 1. The van der Waals surface area contributed by atoms with E-state index in [0.29, 0.717) is 23.5 Å². The van der Waals surface area contributed by atoms with Crippen molar-refractivity contribution in [3.63, 3.8) is 0 Å². The predicted molar refractivity (Wildman–Crippen MR) is 75.5 cm³/mol. The summed E-state index contributed by atoms with van der Waals surface area (Å²) in [6.07, 6.45) is 7.72. The molecule has 3 rings (SSSR count). The predicted octanol–water partition coefficient (Wildman–Crippen LogP) is 3.22. The summed E-state index contributed by atoms with van der Waals surface area (Å²) < 4.78 is 10.6. The summed E-state index contributed by atoms with van der Waals surface area (Å²) in [5, 5.41) is 0. The summed E-state index contributed by atoms with van der Waals surface area (Å²) in [5.74, 6) is 1.20. The van der Waals surface area contributed by atoms with Gasteiger partial charge in [-0.25, -0.2) is 0 Å². The van der Waals surface area contributed by atoms with Crippen molar-refractivity contribution in [3.8, 4) is 0 Å². The molecule has 0 N–H and O–H groups in total. The Labute approximate surface area is 120 Å². The second-order valence-corrected chi connectivity index (χ2v) is 6.24. The molecule has 1 aliphatic carbocycles. The lowest BCUT2D eigenvalue weighted by molar-refractivity contribution is 0.0720. The van der Waals surface area contributed by atoms with Crippen LogP contribution in [0.1, 0.15) is 54.8 Å². The highest BCUT2D eigenvalue weighted by molar-refractivity contribution is 5.91. The first kappa shape index (κ1) is 13.7. The van der Waals surface area contributed by atoms with E-state index >= 15 is 0 Å². The van der Waals surface area contributed by atoms with Crippen LogP contribution in [0.4, 0.5) is 0 Å². The molecule has 1 amide bonds. The van der Waals surface area contributed by atoms with Gasteiger partial charge in [0.2, 0.25) is 0 Å². The maximum Gasteiger partial charge on any atom is 0.289 e. The first-order valence-corrected chi connectivity index (χ1v) is 7.59. The van der Waals surface area contributed by atoms with Gasteiger partial charge in [0.1, 0.15) is 12.4 Å². The third-order valence-electron chi connectivity index (χ3n) is 4.80. The van der Waals surface area contributed by atoms with Crippen molar-refractivity contribution in [2.75, 3.05) is 20.2 Å². The molecule has 1 aromatic heterocycles. The van der Waals surface area contributed by atoms with E-state index in [1.807, 2.05) is 11.0 Å². The van der Waals surface area contributed by atoms with E-state index in [4.69, 9.17) is 9.15 Å². The van der Waals surface area contributed by atoms with E-state index in [2.05, 4.69) is 0 Å². The average Bonchev–Trinajstić information content (AvgIpc) is 3.08. The number of rotatable bonds is 3. The lowest BCUT2D eigenvalue weighted by Crippen LogP contribution is -2.33. The minimum Gasteiger partial charge on any atom is -0.453 e. The van der Waals surface area contributed by atoms with E-state index in [1.54, 1.807) is 13.2 Å². The van der Waals surface area contributed by atoms with Crippen LogP contribution in [0, 0.1) is 5.41 Å². The molecular weight excluding hydrogens is 254 g/mol. The van der Waals surface area contributed by atoms with E-state index in [0.717, 1.165) is 19.5 Å². The van der Waals surface area contributed by atoms with Crippen molar-refractivity contribution in [1.82, 2.24) is 4.90 Å². The molecule has 1 aliphatic heterocycles. The van der Waals surface area contributed by atoms with Gasteiger partial charge in [0.15, 0.2) is 5.76 Å². The van der Waals surface area contributed by atoms with Crippen LogP contribution in [0.3, 0.4) is 0 Å². The van der Waals surface area contributed by atoms with Crippen molar-refractivity contribution in [3.05, 3.63) is 23.7 Å². The molecule has 2 heterocycles. The smallest absolute Gasteiger partial charge is 0.289 e. The van der Waals surface area contributed by atoms with Crippen molar-refractivity contribution in [1.29, 1.82) is 0 Å². The van der Waals surface area contributed by atoms with E-state index in [9.17, 15) is 4.79 Å². The van der Waals surface area contributed by atoms with Crippen molar-refractivity contribution in [2.45, 2.75) is 45.1 Å². The Kier molecular flexibility index (Phi) is 3.83. The number of hydrogen-bond acceptors (Lipinski definition) is 3. The Bertz CT molecular complexity index is 474. The summed E-state index contributed by atoms with van der Waals surface area (Å²) in [4.78, 5) is 14.5. The van der Waals surface area contributed by atoms with Gasteiger partial charge in [0, 0.05) is 20.2 Å². The fourth-order valence-corrected chi connectivity index (χ4v) is 3.69. The molecule has 20 heavy (non-hydrogen) atoms. The standard InChI is InChI=1S/C16H23NO3/c1-19-11-13-5-6-14(20-13)15(18)17-10-9-16(12-17)7-3-2-4-8-16/h5-6H,2-4,7-12H2,1H3. The zero-order valence-corrected chi connectivity index (χ0v) is 12.2. The van der Waals surface area contributed by atoms with E-state index in [-0.39, 0.29) is 5.91 Å². The lowest BCUT2D eigenvalue weighted by atomic mass is 9.73. The lowest BCUT2D eigenvalue weighted by Gasteiger charge is -2.33. The number of nitrogens with zero attached hydrogens (tertiary/aromatic N) is 1. The third-order valence-corrected chi connectivity index (χ3v) is 4.80. The molecule has 0 unspecified atom stereocenters. The molecule has 110 valence electrons. The topological polar surface area (TPSA) is 42.7 Å². The molecular formula is C16H23NO3. The molecule has 1 aromatic rings. The minimum absolute atomic E-state index is 0.0369. The molecule has 1 saturated heterocycles. The largest absolute Gasteiger partial charge is 0.453 e. The number of likely N-dealkylation sites (tertiary alicyclic amines) is 1. The second-order valence-electron chi connectivity index (χ2n) is 6.24. The van der Waals surface area contributed by atoms with Crippen LogP contribution in [0.5, 0.6) is 0 Å². The SMILES string of the molecule is COCc1ccc(C(=O)N2CCC3(CCCCC3)C2)o1. The fraction of sp³-hybridized carbons (Fsp3) is 0.688.